The predicted molar refractivity (Wildman–Crippen MR) is 372 cm³/mol. The van der Waals surface area contributed by atoms with Crippen LogP contribution in [-0.4, -0.2) is 15.8 Å². The summed E-state index contributed by atoms with van der Waals surface area (Å²) < 4.78 is 7.75. The Hall–Kier alpha value is -9.33. The molecule has 0 radical (unpaired) electrons. The summed E-state index contributed by atoms with van der Waals surface area (Å²) in [6.45, 7) is 13.9. The lowest BCUT2D eigenvalue weighted by Crippen LogP contribution is -2.60. The van der Waals surface area contributed by atoms with Crippen LogP contribution >= 0.6 is 23.1 Å². The lowest BCUT2D eigenvalue weighted by Gasteiger charge is -2.42. The second-order valence-electron chi connectivity index (χ2n) is 25.6. The molecular weight excluding hydrogens is 1080 g/mol. The lowest BCUT2D eigenvalue weighted by atomic mass is 9.35. The maximum Gasteiger partial charge on any atom is 0.249 e. The number of hydrogen-bond donors (Lipinski definition) is 0. The number of nitrogens with zero attached hydrogens (tertiary/aromatic N) is 3. The third kappa shape index (κ3) is 7.75. The average molecular weight is 1140 g/mol. The van der Waals surface area contributed by atoms with E-state index in [4.69, 9.17) is 0 Å². The minimum atomic E-state index is -0.0853. The molecule has 410 valence electrons. The molecule has 0 spiro atoms. The van der Waals surface area contributed by atoms with Crippen molar-refractivity contribution < 1.29 is 0 Å². The van der Waals surface area contributed by atoms with Crippen molar-refractivity contribution in [3.8, 4) is 44.8 Å². The molecule has 0 bridgehead atoms. The molecule has 17 rings (SSSR count). The van der Waals surface area contributed by atoms with E-state index in [-0.39, 0.29) is 17.5 Å². The molecule has 0 saturated carbocycles. The topological polar surface area (TPSA) is 13.1 Å². The highest BCUT2D eigenvalue weighted by atomic mass is 32.2. The Morgan fingerprint density at radius 1 is 0.349 bits per heavy atom. The normalized spacial score (nSPS) is 13.1. The molecule has 0 fully saturated rings. The van der Waals surface area contributed by atoms with E-state index in [9.17, 15) is 0 Å². The van der Waals surface area contributed by atoms with Crippen molar-refractivity contribution in [3.05, 3.63) is 266 Å². The molecule has 6 heteroatoms. The van der Waals surface area contributed by atoms with Crippen molar-refractivity contribution >= 4 is 127 Å². The Labute approximate surface area is 510 Å². The van der Waals surface area contributed by atoms with Gasteiger partial charge in [0.15, 0.2) is 0 Å². The molecule has 3 nitrogen and oxygen atoms in total. The van der Waals surface area contributed by atoms with Gasteiger partial charge in [0.2, 0.25) is 6.71 Å². The Kier molecular flexibility index (Phi) is 11.3. The van der Waals surface area contributed by atoms with E-state index in [1.54, 1.807) is 0 Å². The first kappa shape index (κ1) is 51.1. The smallest absolute Gasteiger partial charge is 0.249 e. The van der Waals surface area contributed by atoms with Crippen molar-refractivity contribution in [1.82, 2.24) is 9.13 Å². The van der Waals surface area contributed by atoms with Gasteiger partial charge in [-0.3, -0.25) is 0 Å². The number of hydrogen-bond acceptors (Lipinski definition) is 3. The van der Waals surface area contributed by atoms with Crippen molar-refractivity contribution in [1.29, 1.82) is 0 Å². The predicted octanol–water partition coefficient (Wildman–Crippen LogP) is 20.6. The zero-order valence-electron chi connectivity index (χ0n) is 49.0. The highest BCUT2D eigenvalue weighted by molar-refractivity contribution is 8.00. The molecule has 0 N–H and O–H groups in total. The summed E-state index contributed by atoms with van der Waals surface area (Å²) in [5.41, 5.74) is 24.3. The first-order chi connectivity index (χ1) is 41.9. The van der Waals surface area contributed by atoms with Crippen LogP contribution in [0.2, 0.25) is 0 Å². The van der Waals surface area contributed by atoms with E-state index in [2.05, 4.69) is 310 Å². The maximum atomic E-state index is 2.69. The summed E-state index contributed by atoms with van der Waals surface area (Å²) in [5.74, 6) is 0. The lowest BCUT2D eigenvalue weighted by molar-refractivity contribution is 0.590. The van der Waals surface area contributed by atoms with Crippen molar-refractivity contribution in [2.24, 2.45) is 0 Å². The number of aromatic nitrogens is 2. The van der Waals surface area contributed by atoms with Gasteiger partial charge in [-0.2, -0.15) is 0 Å². The van der Waals surface area contributed by atoms with E-state index in [1.807, 2.05) is 23.1 Å². The van der Waals surface area contributed by atoms with Gasteiger partial charge in [0, 0.05) is 85.4 Å². The Morgan fingerprint density at radius 3 is 1.42 bits per heavy atom. The van der Waals surface area contributed by atoms with Crippen LogP contribution in [0.5, 0.6) is 0 Å². The number of para-hydroxylation sites is 3. The molecule has 0 amide bonds. The van der Waals surface area contributed by atoms with Crippen molar-refractivity contribution in [3.63, 3.8) is 0 Å². The molecule has 3 aromatic heterocycles. The number of fused-ring (bicyclic) bond motifs is 14. The van der Waals surface area contributed by atoms with E-state index in [1.165, 1.54) is 140 Å². The number of thiophene rings is 1. The van der Waals surface area contributed by atoms with Gasteiger partial charge >= 0.3 is 0 Å². The van der Waals surface area contributed by atoms with E-state index < -0.39 is 0 Å². The summed E-state index contributed by atoms with van der Waals surface area (Å²) in [6.07, 6.45) is 0. The van der Waals surface area contributed by atoms with Crippen LogP contribution in [0.25, 0.3) is 109 Å². The summed E-state index contributed by atoms with van der Waals surface area (Å²) >= 11 is 3.93. The van der Waals surface area contributed by atoms with Gasteiger partial charge in [-0.15, -0.1) is 11.3 Å². The van der Waals surface area contributed by atoms with E-state index in [0.29, 0.717) is 0 Å². The van der Waals surface area contributed by atoms with Gasteiger partial charge < -0.3 is 14.0 Å². The highest BCUT2D eigenvalue weighted by Gasteiger charge is 2.44. The van der Waals surface area contributed by atoms with Crippen molar-refractivity contribution in [2.45, 2.75) is 62.2 Å². The summed E-state index contributed by atoms with van der Waals surface area (Å²) in [5, 5.41) is 7.66. The fraction of sp³-hybridized carbons (Fsp3) is 0.100. The monoisotopic (exact) mass is 1140 g/mol. The highest BCUT2D eigenvalue weighted by Crippen LogP contribution is 2.53. The van der Waals surface area contributed by atoms with Gasteiger partial charge in [0.25, 0.3) is 0 Å². The fourth-order valence-electron chi connectivity index (χ4n) is 14.3. The molecule has 2 aliphatic rings. The molecule has 5 heterocycles. The Bertz CT molecular complexity index is 5110. The van der Waals surface area contributed by atoms with Gasteiger partial charge in [-0.25, -0.2) is 0 Å². The van der Waals surface area contributed by atoms with Crippen LogP contribution in [0.1, 0.15) is 52.7 Å². The van der Waals surface area contributed by atoms with Crippen LogP contribution in [0.15, 0.2) is 265 Å². The summed E-state index contributed by atoms with van der Waals surface area (Å²) in [6, 6.07) is 96.6. The molecule has 15 aromatic rings. The van der Waals surface area contributed by atoms with Crippen LogP contribution in [0, 0.1) is 0 Å². The number of rotatable bonds is 6. The van der Waals surface area contributed by atoms with E-state index in [0.717, 1.165) is 22.7 Å². The van der Waals surface area contributed by atoms with Crippen LogP contribution in [0.4, 0.5) is 17.1 Å². The fourth-order valence-corrected chi connectivity index (χ4v) is 17.1. The third-order valence-electron chi connectivity index (χ3n) is 18.5. The van der Waals surface area contributed by atoms with Gasteiger partial charge in [-0.1, -0.05) is 253 Å². The molecule has 2 aliphatic heterocycles. The Morgan fingerprint density at radius 2 is 0.826 bits per heavy atom. The van der Waals surface area contributed by atoms with Crippen molar-refractivity contribution in [2.75, 3.05) is 4.90 Å². The van der Waals surface area contributed by atoms with Crippen LogP contribution in [0.3, 0.4) is 0 Å². The minimum Gasteiger partial charge on any atom is -0.310 e. The summed E-state index contributed by atoms with van der Waals surface area (Å²) in [4.78, 5) is 5.31. The average Bonchev–Trinajstić information content (AvgIpc) is 1.07. The Balaban J connectivity index is 1.02. The standard InChI is InChI=1S/C80H60BN3S2/c1-79(2,3)52-36-42-69-63(44-52)64-45-53(80(4,5)6)37-43-70(64)83(69)55-47-72-74-73(48-55)85-78-66(41-39-62-61-33-21-32-58(76(61)86-77(62)78)51-26-14-9-15-27-51)81(74)65-40-38-54(82-67-34-18-16-28-59(67)60-29-17-19-35-68(60)82)46-71(65)84(72)75-56(49-22-10-7-11-23-49)30-20-31-57(75)50-24-12-8-13-25-50/h7-48H,1-6H3. The zero-order valence-corrected chi connectivity index (χ0v) is 50.6. The van der Waals surface area contributed by atoms with Gasteiger partial charge in [0.1, 0.15) is 0 Å². The first-order valence-electron chi connectivity index (χ1n) is 30.1. The SMILES string of the molecule is CC(C)(C)c1ccc2c(c1)c1cc(C(C)(C)C)ccc1n2-c1cc2c3c(c1)N(c1c(-c4ccccc4)cccc1-c1ccccc1)c1cc(-n4c5ccccc5c5ccccc54)ccc1B3c1ccc3c(sc4c(-c5ccccc5)cccc43)c1S2. The summed E-state index contributed by atoms with van der Waals surface area (Å²) in [7, 11) is 0. The molecule has 0 atom stereocenters. The second kappa shape index (κ2) is 19.1. The molecule has 86 heavy (non-hydrogen) atoms. The maximum absolute atomic E-state index is 2.69. The zero-order chi connectivity index (χ0) is 57.7. The van der Waals surface area contributed by atoms with E-state index >= 15 is 0 Å². The largest absolute Gasteiger partial charge is 0.310 e. The number of anilines is 3. The quantitative estimate of drug-likeness (QED) is 0.154. The molecule has 0 aliphatic carbocycles. The van der Waals surface area contributed by atoms with Crippen LogP contribution in [-0.2, 0) is 10.8 Å². The number of benzene rings is 12. The molecular formula is C80H60BN3S2. The first-order valence-corrected chi connectivity index (χ1v) is 31.7. The van der Waals surface area contributed by atoms with Gasteiger partial charge in [-0.05, 0) is 116 Å². The second-order valence-corrected chi connectivity index (χ2v) is 27.7. The van der Waals surface area contributed by atoms with Gasteiger partial charge in [0.05, 0.1) is 27.8 Å². The minimum absolute atomic E-state index is 0.0341. The molecule has 0 unspecified atom stereocenters. The molecule has 12 aromatic carbocycles. The third-order valence-corrected chi connectivity index (χ3v) is 21.1. The van der Waals surface area contributed by atoms with Crippen LogP contribution < -0.4 is 21.3 Å². The molecule has 0 saturated heterocycles.